The van der Waals surface area contributed by atoms with E-state index in [-0.39, 0.29) is 5.91 Å². The Kier molecular flexibility index (Phi) is 5.42. The predicted octanol–water partition coefficient (Wildman–Crippen LogP) is -0.645. The molecule has 0 aromatic carbocycles. The molecule has 0 saturated carbocycles. The van der Waals surface area contributed by atoms with Gasteiger partial charge in [-0.1, -0.05) is 6.08 Å². The minimum Gasteiger partial charge on any atom is -0.305 e. The molecule has 0 aliphatic heterocycles. The molecule has 1 amide bonds. The highest BCUT2D eigenvalue weighted by atomic mass is 16.2. The van der Waals surface area contributed by atoms with Crippen LogP contribution >= 0.6 is 0 Å². The van der Waals surface area contributed by atoms with Crippen LogP contribution in [0.15, 0.2) is 12.7 Å². The second-order valence-electron chi connectivity index (χ2n) is 2.35. The van der Waals surface area contributed by atoms with Crippen LogP contribution in [0.4, 0.5) is 0 Å². The van der Waals surface area contributed by atoms with E-state index in [9.17, 15) is 4.79 Å². The van der Waals surface area contributed by atoms with Crippen molar-refractivity contribution in [2.75, 3.05) is 27.2 Å². The van der Waals surface area contributed by atoms with E-state index in [1.54, 1.807) is 25.2 Å². The van der Waals surface area contributed by atoms with Gasteiger partial charge < -0.3 is 5.32 Å². The molecule has 0 aliphatic carbocycles. The van der Waals surface area contributed by atoms with Gasteiger partial charge in [0.25, 0.3) is 0 Å². The van der Waals surface area contributed by atoms with E-state index in [4.69, 9.17) is 0 Å². The maximum atomic E-state index is 10.9. The molecule has 0 rings (SSSR count). The first kappa shape index (κ1) is 10.1. The van der Waals surface area contributed by atoms with E-state index in [1.807, 2.05) is 0 Å². The van der Waals surface area contributed by atoms with Crippen LogP contribution in [0.5, 0.6) is 0 Å². The summed E-state index contributed by atoms with van der Waals surface area (Å²) in [6.07, 6.45) is 1.71. The van der Waals surface area contributed by atoms with E-state index < -0.39 is 0 Å². The zero-order chi connectivity index (χ0) is 8.69. The van der Waals surface area contributed by atoms with Crippen LogP contribution in [-0.2, 0) is 4.79 Å². The van der Waals surface area contributed by atoms with Crippen LogP contribution in [0.2, 0.25) is 0 Å². The summed E-state index contributed by atoms with van der Waals surface area (Å²) in [5.41, 5.74) is 2.60. The molecule has 11 heavy (non-hydrogen) atoms. The molecule has 0 aromatic heterocycles. The highest BCUT2D eigenvalue weighted by Crippen LogP contribution is 1.67. The molecule has 0 fully saturated rings. The van der Waals surface area contributed by atoms with Crippen LogP contribution < -0.4 is 10.7 Å². The molecule has 0 radical (unpaired) electrons. The third kappa shape index (κ3) is 7.02. The molecule has 0 unspecified atom stereocenters. The van der Waals surface area contributed by atoms with Crippen molar-refractivity contribution in [3.63, 3.8) is 0 Å². The van der Waals surface area contributed by atoms with Gasteiger partial charge in [0.2, 0.25) is 5.91 Å². The topological polar surface area (TPSA) is 44.4 Å². The quantitative estimate of drug-likeness (QED) is 0.317. The van der Waals surface area contributed by atoms with Gasteiger partial charge in [0.15, 0.2) is 0 Å². The molecular formula is C7H15N3O. The van der Waals surface area contributed by atoms with E-state index in [1.165, 1.54) is 0 Å². The molecule has 0 bridgehead atoms. The van der Waals surface area contributed by atoms with E-state index in [0.717, 1.165) is 0 Å². The Balaban J connectivity index is 3.30. The second kappa shape index (κ2) is 5.88. The third-order valence-corrected chi connectivity index (χ3v) is 0.923. The smallest absolute Gasteiger partial charge is 0.248 e. The Morgan fingerprint density at radius 3 is 2.73 bits per heavy atom. The summed E-state index contributed by atoms with van der Waals surface area (Å²) >= 11 is 0. The van der Waals surface area contributed by atoms with Crippen LogP contribution in [0.25, 0.3) is 0 Å². The monoisotopic (exact) mass is 157 g/mol. The Hall–Kier alpha value is -0.870. The molecule has 4 nitrogen and oxygen atoms in total. The first-order valence-electron chi connectivity index (χ1n) is 3.45. The lowest BCUT2D eigenvalue weighted by atomic mass is 10.5. The van der Waals surface area contributed by atoms with Gasteiger partial charge >= 0.3 is 0 Å². The number of carbonyl (C=O) groups is 1. The van der Waals surface area contributed by atoms with Crippen LogP contribution in [0.3, 0.4) is 0 Å². The largest absolute Gasteiger partial charge is 0.305 e. The van der Waals surface area contributed by atoms with Crippen molar-refractivity contribution in [1.82, 2.24) is 15.8 Å². The minimum absolute atomic E-state index is 0.0446. The van der Waals surface area contributed by atoms with Gasteiger partial charge in [-0.15, -0.1) is 6.58 Å². The summed E-state index contributed by atoms with van der Waals surface area (Å²) < 4.78 is 0. The average Bonchev–Trinajstić information content (AvgIpc) is 1.86. The molecule has 64 valence electrons. The molecule has 0 aliphatic rings. The summed E-state index contributed by atoms with van der Waals surface area (Å²) in [6.45, 7) is 4.49. The Labute approximate surface area is 67.2 Å². The SMILES string of the molecule is C=CCNCC(=O)NN(C)C. The highest BCUT2D eigenvalue weighted by Gasteiger charge is 1.98. The molecule has 0 atom stereocenters. The fourth-order valence-corrected chi connectivity index (χ4v) is 0.577. The second-order valence-corrected chi connectivity index (χ2v) is 2.35. The van der Waals surface area contributed by atoms with Crippen molar-refractivity contribution in [2.24, 2.45) is 0 Å². The van der Waals surface area contributed by atoms with Gasteiger partial charge in [0.1, 0.15) is 0 Å². The molecule has 0 heterocycles. The van der Waals surface area contributed by atoms with Crippen molar-refractivity contribution in [3.8, 4) is 0 Å². The van der Waals surface area contributed by atoms with Gasteiger partial charge in [-0.3, -0.25) is 10.2 Å². The first-order chi connectivity index (χ1) is 5.16. The van der Waals surface area contributed by atoms with Gasteiger partial charge in [0, 0.05) is 20.6 Å². The van der Waals surface area contributed by atoms with E-state index in [0.29, 0.717) is 13.1 Å². The van der Waals surface area contributed by atoms with Gasteiger partial charge in [-0.05, 0) is 0 Å². The van der Waals surface area contributed by atoms with Crippen LogP contribution in [-0.4, -0.2) is 38.1 Å². The van der Waals surface area contributed by atoms with Gasteiger partial charge in [-0.25, -0.2) is 5.01 Å². The van der Waals surface area contributed by atoms with Crippen molar-refractivity contribution in [3.05, 3.63) is 12.7 Å². The summed E-state index contributed by atoms with van der Waals surface area (Å²) in [4.78, 5) is 10.9. The fourth-order valence-electron chi connectivity index (χ4n) is 0.577. The number of carbonyl (C=O) groups excluding carboxylic acids is 1. The van der Waals surface area contributed by atoms with Crippen molar-refractivity contribution < 1.29 is 4.79 Å². The average molecular weight is 157 g/mol. The Bertz CT molecular complexity index is 134. The van der Waals surface area contributed by atoms with Crippen molar-refractivity contribution in [2.45, 2.75) is 0 Å². The number of hydrogen-bond acceptors (Lipinski definition) is 3. The number of hydrazine groups is 1. The minimum atomic E-state index is -0.0446. The summed E-state index contributed by atoms with van der Waals surface area (Å²) in [7, 11) is 3.54. The Morgan fingerprint density at radius 2 is 2.27 bits per heavy atom. The molecular weight excluding hydrogens is 142 g/mol. The Morgan fingerprint density at radius 1 is 1.64 bits per heavy atom. The predicted molar refractivity (Wildman–Crippen MR) is 44.9 cm³/mol. The first-order valence-corrected chi connectivity index (χ1v) is 3.45. The summed E-state index contributed by atoms with van der Waals surface area (Å²) in [5, 5.41) is 4.49. The maximum Gasteiger partial charge on any atom is 0.248 e. The molecule has 2 N–H and O–H groups in total. The van der Waals surface area contributed by atoms with E-state index in [2.05, 4.69) is 17.3 Å². The number of nitrogens with zero attached hydrogens (tertiary/aromatic N) is 1. The maximum absolute atomic E-state index is 10.9. The summed E-state index contributed by atoms with van der Waals surface area (Å²) in [6, 6.07) is 0. The normalized spacial score (nSPS) is 9.73. The van der Waals surface area contributed by atoms with Crippen molar-refractivity contribution >= 4 is 5.91 Å². The van der Waals surface area contributed by atoms with Gasteiger partial charge in [0.05, 0.1) is 6.54 Å². The third-order valence-electron chi connectivity index (χ3n) is 0.923. The zero-order valence-corrected chi connectivity index (χ0v) is 7.05. The van der Waals surface area contributed by atoms with E-state index >= 15 is 0 Å². The number of amides is 1. The highest BCUT2D eigenvalue weighted by molar-refractivity contribution is 5.77. The number of rotatable bonds is 5. The number of hydrogen-bond donors (Lipinski definition) is 2. The van der Waals surface area contributed by atoms with Crippen LogP contribution in [0.1, 0.15) is 0 Å². The molecule has 0 spiro atoms. The fraction of sp³-hybridized carbons (Fsp3) is 0.571. The lowest BCUT2D eigenvalue weighted by Gasteiger charge is -2.11. The standard InChI is InChI=1S/C7H15N3O/c1-4-5-8-6-7(11)9-10(2)3/h4,8H,1,5-6H2,2-3H3,(H,9,11). The van der Waals surface area contributed by atoms with Crippen LogP contribution in [0, 0.1) is 0 Å². The van der Waals surface area contributed by atoms with Crippen molar-refractivity contribution in [1.29, 1.82) is 0 Å². The number of nitrogens with one attached hydrogen (secondary N) is 2. The zero-order valence-electron chi connectivity index (χ0n) is 7.05. The molecule has 0 saturated heterocycles. The lowest BCUT2D eigenvalue weighted by Crippen LogP contribution is -2.41. The molecule has 0 aromatic rings. The van der Waals surface area contributed by atoms with Gasteiger partial charge in [-0.2, -0.15) is 0 Å². The molecule has 4 heteroatoms. The summed E-state index contributed by atoms with van der Waals surface area (Å²) in [5.74, 6) is -0.0446. The lowest BCUT2D eigenvalue weighted by molar-refractivity contribution is -0.123.